The third-order valence-electron chi connectivity index (χ3n) is 3.27. The van der Waals surface area contributed by atoms with Crippen LogP contribution in [0.25, 0.3) is 0 Å². The Balaban J connectivity index is 2.07. The molecule has 2 N–H and O–H groups in total. The molecule has 17 heavy (non-hydrogen) atoms. The smallest absolute Gasteiger partial charge is 0.251 e. The average molecular weight is 237 g/mol. The molecule has 5 heteroatoms. The molecule has 5 nitrogen and oxygen atoms in total. The van der Waals surface area contributed by atoms with Gasteiger partial charge in [-0.1, -0.05) is 13.8 Å². The molecule has 2 unspecified atom stereocenters. The first-order valence-corrected chi connectivity index (χ1v) is 6.17. The van der Waals surface area contributed by atoms with Crippen LogP contribution in [-0.2, 0) is 16.1 Å². The number of nitrogens with one attached hydrogen (secondary N) is 2. The SMILES string of the molecule is CCCONC(=O)C1c2cn[nH]c2CCC1C. The van der Waals surface area contributed by atoms with Crippen LogP contribution in [0, 0.1) is 5.92 Å². The average Bonchev–Trinajstić information content (AvgIpc) is 2.77. The molecule has 1 aliphatic rings. The highest BCUT2D eigenvalue weighted by Crippen LogP contribution is 2.34. The third-order valence-corrected chi connectivity index (χ3v) is 3.27. The lowest BCUT2D eigenvalue weighted by Gasteiger charge is -2.27. The Labute approximate surface area is 101 Å². The zero-order chi connectivity index (χ0) is 12.3. The van der Waals surface area contributed by atoms with E-state index >= 15 is 0 Å². The van der Waals surface area contributed by atoms with E-state index in [0.29, 0.717) is 12.5 Å². The first-order chi connectivity index (χ1) is 8.24. The molecular formula is C12H19N3O2. The van der Waals surface area contributed by atoms with E-state index in [1.807, 2.05) is 6.92 Å². The molecule has 0 bridgehead atoms. The minimum atomic E-state index is -0.144. The quantitative estimate of drug-likeness (QED) is 0.616. The number of amides is 1. The van der Waals surface area contributed by atoms with E-state index in [1.165, 1.54) is 0 Å². The zero-order valence-corrected chi connectivity index (χ0v) is 10.3. The number of hydroxylamine groups is 1. The molecule has 0 aliphatic heterocycles. The topological polar surface area (TPSA) is 67.0 Å². The van der Waals surface area contributed by atoms with Gasteiger partial charge >= 0.3 is 0 Å². The summed E-state index contributed by atoms with van der Waals surface area (Å²) in [6.45, 7) is 4.65. The number of carbonyl (C=O) groups is 1. The highest BCUT2D eigenvalue weighted by atomic mass is 16.6. The van der Waals surface area contributed by atoms with Crippen LogP contribution in [0.5, 0.6) is 0 Å². The number of aromatic amines is 1. The van der Waals surface area contributed by atoms with Gasteiger partial charge < -0.3 is 0 Å². The van der Waals surface area contributed by atoms with E-state index in [1.54, 1.807) is 6.20 Å². The molecule has 0 saturated carbocycles. The van der Waals surface area contributed by atoms with Crippen molar-refractivity contribution in [3.8, 4) is 0 Å². The number of aromatic nitrogens is 2. The van der Waals surface area contributed by atoms with E-state index in [4.69, 9.17) is 4.84 Å². The highest BCUT2D eigenvalue weighted by molar-refractivity contribution is 5.83. The van der Waals surface area contributed by atoms with Crippen LogP contribution in [0.15, 0.2) is 6.20 Å². The van der Waals surface area contributed by atoms with Gasteiger partial charge in [-0.05, 0) is 25.2 Å². The van der Waals surface area contributed by atoms with Crippen molar-refractivity contribution in [3.63, 3.8) is 0 Å². The number of nitrogens with zero attached hydrogens (tertiary/aromatic N) is 1. The molecule has 2 rings (SSSR count). The van der Waals surface area contributed by atoms with Crippen molar-refractivity contribution in [1.29, 1.82) is 0 Å². The molecule has 0 radical (unpaired) electrons. The summed E-state index contributed by atoms with van der Waals surface area (Å²) in [5.74, 6) is 0.119. The fourth-order valence-corrected chi connectivity index (χ4v) is 2.32. The second-order valence-corrected chi connectivity index (χ2v) is 4.61. The van der Waals surface area contributed by atoms with Gasteiger partial charge in [0, 0.05) is 11.3 Å². The van der Waals surface area contributed by atoms with E-state index in [0.717, 1.165) is 30.5 Å². The second-order valence-electron chi connectivity index (χ2n) is 4.61. The van der Waals surface area contributed by atoms with Gasteiger partial charge in [0.2, 0.25) is 0 Å². The molecule has 2 atom stereocenters. The minimum Gasteiger partial charge on any atom is -0.282 e. The highest BCUT2D eigenvalue weighted by Gasteiger charge is 2.33. The van der Waals surface area contributed by atoms with Gasteiger partial charge in [-0.2, -0.15) is 5.10 Å². The number of carbonyl (C=O) groups excluding carboxylic acids is 1. The standard InChI is InChI=1S/C12H19N3O2/c1-3-6-17-15-12(16)11-8(2)4-5-10-9(11)7-13-14-10/h7-8,11H,3-6H2,1-2H3,(H,13,14)(H,15,16). The molecule has 94 valence electrons. The molecule has 0 spiro atoms. The first kappa shape index (κ1) is 12.1. The second kappa shape index (κ2) is 5.31. The summed E-state index contributed by atoms with van der Waals surface area (Å²) in [7, 11) is 0. The summed E-state index contributed by atoms with van der Waals surface area (Å²) in [5.41, 5.74) is 4.63. The van der Waals surface area contributed by atoms with Gasteiger partial charge in [0.05, 0.1) is 18.7 Å². The fraction of sp³-hybridized carbons (Fsp3) is 0.667. The Hall–Kier alpha value is -1.36. The molecular weight excluding hydrogens is 218 g/mol. The van der Waals surface area contributed by atoms with E-state index in [-0.39, 0.29) is 11.8 Å². The lowest BCUT2D eigenvalue weighted by Crippen LogP contribution is -2.35. The maximum Gasteiger partial charge on any atom is 0.251 e. The Morgan fingerprint density at radius 3 is 3.29 bits per heavy atom. The molecule has 1 aromatic rings. The Bertz CT molecular complexity index is 389. The fourth-order valence-electron chi connectivity index (χ4n) is 2.32. The normalized spacial score (nSPS) is 23.2. The zero-order valence-electron chi connectivity index (χ0n) is 10.3. The summed E-state index contributed by atoms with van der Waals surface area (Å²) < 4.78 is 0. The lowest BCUT2D eigenvalue weighted by atomic mass is 9.78. The van der Waals surface area contributed by atoms with Crippen molar-refractivity contribution in [2.75, 3.05) is 6.61 Å². The van der Waals surface area contributed by atoms with Crippen LogP contribution in [0.1, 0.15) is 43.9 Å². The number of rotatable bonds is 4. The van der Waals surface area contributed by atoms with Crippen molar-refractivity contribution in [2.45, 2.75) is 39.0 Å². The Morgan fingerprint density at radius 2 is 2.53 bits per heavy atom. The first-order valence-electron chi connectivity index (χ1n) is 6.17. The lowest BCUT2D eigenvalue weighted by molar-refractivity contribution is -0.136. The molecule has 1 amide bonds. The van der Waals surface area contributed by atoms with Crippen LogP contribution in [0.2, 0.25) is 0 Å². The summed E-state index contributed by atoms with van der Waals surface area (Å²) in [6, 6.07) is 0. The monoisotopic (exact) mass is 237 g/mol. The third kappa shape index (κ3) is 2.49. The van der Waals surface area contributed by atoms with Gasteiger partial charge in [0.1, 0.15) is 0 Å². The van der Waals surface area contributed by atoms with Gasteiger partial charge in [-0.15, -0.1) is 0 Å². The van der Waals surface area contributed by atoms with Gasteiger partial charge in [0.25, 0.3) is 5.91 Å². The van der Waals surface area contributed by atoms with Crippen LogP contribution < -0.4 is 5.48 Å². The van der Waals surface area contributed by atoms with Crippen molar-refractivity contribution in [2.24, 2.45) is 5.92 Å². The summed E-state index contributed by atoms with van der Waals surface area (Å²) in [4.78, 5) is 17.2. The Kier molecular flexibility index (Phi) is 3.78. The predicted octanol–water partition coefficient (Wildman–Crippen LogP) is 1.53. The maximum absolute atomic E-state index is 12.1. The van der Waals surface area contributed by atoms with E-state index in [9.17, 15) is 4.79 Å². The molecule has 0 aromatic carbocycles. The summed E-state index contributed by atoms with van der Waals surface area (Å²) in [6.07, 6.45) is 4.61. The van der Waals surface area contributed by atoms with Gasteiger partial charge in [-0.3, -0.25) is 14.7 Å². The molecule has 1 heterocycles. The molecule has 1 aromatic heterocycles. The molecule has 0 fully saturated rings. The number of H-pyrrole nitrogens is 1. The summed E-state index contributed by atoms with van der Waals surface area (Å²) >= 11 is 0. The molecule has 0 saturated heterocycles. The minimum absolute atomic E-state index is 0.0618. The van der Waals surface area contributed by atoms with E-state index in [2.05, 4.69) is 22.6 Å². The maximum atomic E-state index is 12.1. The number of hydrogen-bond acceptors (Lipinski definition) is 3. The van der Waals surface area contributed by atoms with Crippen LogP contribution >= 0.6 is 0 Å². The van der Waals surface area contributed by atoms with Crippen molar-refractivity contribution in [1.82, 2.24) is 15.7 Å². The van der Waals surface area contributed by atoms with Crippen molar-refractivity contribution < 1.29 is 9.63 Å². The predicted molar refractivity (Wildman–Crippen MR) is 63.2 cm³/mol. The summed E-state index contributed by atoms with van der Waals surface area (Å²) in [5, 5.41) is 6.98. The van der Waals surface area contributed by atoms with Crippen LogP contribution in [0.4, 0.5) is 0 Å². The van der Waals surface area contributed by atoms with Gasteiger partial charge in [-0.25, -0.2) is 5.48 Å². The number of aryl methyl sites for hydroxylation is 1. The van der Waals surface area contributed by atoms with Gasteiger partial charge in [0.15, 0.2) is 0 Å². The number of fused-ring (bicyclic) bond motifs is 1. The number of hydrogen-bond donors (Lipinski definition) is 2. The Morgan fingerprint density at radius 1 is 1.71 bits per heavy atom. The van der Waals surface area contributed by atoms with Crippen LogP contribution in [-0.4, -0.2) is 22.7 Å². The van der Waals surface area contributed by atoms with Crippen molar-refractivity contribution in [3.05, 3.63) is 17.5 Å². The largest absolute Gasteiger partial charge is 0.282 e. The van der Waals surface area contributed by atoms with Crippen LogP contribution in [0.3, 0.4) is 0 Å². The van der Waals surface area contributed by atoms with E-state index < -0.39 is 0 Å². The molecule has 1 aliphatic carbocycles. The van der Waals surface area contributed by atoms with Crippen molar-refractivity contribution >= 4 is 5.91 Å².